The number of rotatable bonds is 5. The van der Waals surface area contributed by atoms with Gasteiger partial charge in [-0.3, -0.25) is 4.99 Å². The Morgan fingerprint density at radius 3 is 2.75 bits per heavy atom. The highest BCUT2D eigenvalue weighted by atomic mass is 16.5. The van der Waals surface area contributed by atoms with Crippen molar-refractivity contribution in [2.75, 3.05) is 33.3 Å². The molecular weight excluding hydrogens is 250 g/mol. The first-order valence-corrected chi connectivity index (χ1v) is 8.37. The van der Waals surface area contributed by atoms with Crippen molar-refractivity contribution in [2.45, 2.75) is 58.0 Å². The molecule has 0 aromatic rings. The first-order valence-electron chi connectivity index (χ1n) is 8.37. The van der Waals surface area contributed by atoms with Crippen molar-refractivity contribution < 1.29 is 4.74 Å². The predicted molar refractivity (Wildman–Crippen MR) is 84.2 cm³/mol. The highest BCUT2D eigenvalue weighted by molar-refractivity contribution is 5.79. The van der Waals surface area contributed by atoms with Crippen LogP contribution in [0.25, 0.3) is 0 Å². The highest BCUT2D eigenvalue weighted by Gasteiger charge is 2.19. The van der Waals surface area contributed by atoms with Crippen LogP contribution in [0.4, 0.5) is 0 Å². The Morgan fingerprint density at radius 2 is 2.05 bits per heavy atom. The number of hydrogen-bond acceptors (Lipinski definition) is 2. The average molecular weight is 281 g/mol. The number of piperidine rings is 1. The topological polar surface area (TPSA) is 36.9 Å². The summed E-state index contributed by atoms with van der Waals surface area (Å²) in [5, 5.41) is 3.48. The molecule has 1 N–H and O–H groups in total. The van der Waals surface area contributed by atoms with E-state index >= 15 is 0 Å². The van der Waals surface area contributed by atoms with Gasteiger partial charge in [-0.25, -0.2) is 0 Å². The molecule has 1 atom stereocenters. The lowest BCUT2D eigenvalue weighted by atomic mass is 10.0. The molecule has 116 valence electrons. The monoisotopic (exact) mass is 281 g/mol. The van der Waals surface area contributed by atoms with Crippen LogP contribution in [-0.2, 0) is 4.74 Å². The zero-order valence-corrected chi connectivity index (χ0v) is 13.2. The smallest absolute Gasteiger partial charge is 0.193 e. The van der Waals surface area contributed by atoms with Crippen molar-refractivity contribution in [1.29, 1.82) is 0 Å². The van der Waals surface area contributed by atoms with Gasteiger partial charge < -0.3 is 15.0 Å². The first kappa shape index (κ1) is 15.6. The third kappa shape index (κ3) is 4.97. The van der Waals surface area contributed by atoms with E-state index in [1.54, 1.807) is 0 Å². The fourth-order valence-electron chi connectivity index (χ4n) is 3.29. The van der Waals surface area contributed by atoms with Gasteiger partial charge in [-0.1, -0.05) is 19.8 Å². The van der Waals surface area contributed by atoms with Crippen molar-refractivity contribution in [3.05, 3.63) is 0 Å². The fourth-order valence-corrected chi connectivity index (χ4v) is 3.29. The lowest BCUT2D eigenvalue weighted by Crippen LogP contribution is -2.46. The molecule has 1 heterocycles. The molecule has 0 bridgehead atoms. The first-order chi connectivity index (χ1) is 9.79. The maximum absolute atomic E-state index is 5.89. The summed E-state index contributed by atoms with van der Waals surface area (Å²) in [4.78, 5) is 6.81. The number of nitrogens with one attached hydrogen (secondary N) is 1. The molecular formula is C16H31N3O. The predicted octanol–water partition coefficient (Wildman–Crippen LogP) is 2.64. The lowest BCUT2D eigenvalue weighted by Gasteiger charge is -2.33. The summed E-state index contributed by atoms with van der Waals surface area (Å²) in [6.45, 7) is 6.45. The van der Waals surface area contributed by atoms with Crippen LogP contribution in [-0.4, -0.2) is 50.3 Å². The van der Waals surface area contributed by atoms with E-state index in [1.807, 2.05) is 7.05 Å². The quantitative estimate of drug-likeness (QED) is 0.478. The van der Waals surface area contributed by atoms with Gasteiger partial charge in [0.25, 0.3) is 0 Å². The van der Waals surface area contributed by atoms with Crippen LogP contribution in [0.3, 0.4) is 0 Å². The zero-order chi connectivity index (χ0) is 14.2. The molecule has 1 saturated carbocycles. The van der Waals surface area contributed by atoms with Gasteiger partial charge in [0.05, 0.1) is 6.10 Å². The van der Waals surface area contributed by atoms with Crippen LogP contribution in [0.2, 0.25) is 0 Å². The number of guanidine groups is 1. The van der Waals surface area contributed by atoms with Crippen molar-refractivity contribution in [3.8, 4) is 0 Å². The van der Waals surface area contributed by atoms with Crippen molar-refractivity contribution >= 4 is 5.96 Å². The van der Waals surface area contributed by atoms with Crippen LogP contribution in [0.15, 0.2) is 4.99 Å². The van der Waals surface area contributed by atoms with Crippen molar-refractivity contribution in [1.82, 2.24) is 10.2 Å². The normalized spacial score (nSPS) is 25.2. The Bertz CT molecular complexity index is 300. The van der Waals surface area contributed by atoms with Crippen LogP contribution in [0.1, 0.15) is 51.9 Å². The van der Waals surface area contributed by atoms with Gasteiger partial charge in [-0.2, -0.15) is 0 Å². The van der Waals surface area contributed by atoms with Crippen molar-refractivity contribution in [2.24, 2.45) is 10.9 Å². The summed E-state index contributed by atoms with van der Waals surface area (Å²) in [5.41, 5.74) is 0. The Hall–Kier alpha value is -0.770. The van der Waals surface area contributed by atoms with Gasteiger partial charge in [0.15, 0.2) is 5.96 Å². The van der Waals surface area contributed by atoms with Crippen LogP contribution in [0, 0.1) is 5.92 Å². The maximum Gasteiger partial charge on any atom is 0.193 e. The third-order valence-electron chi connectivity index (χ3n) is 4.43. The van der Waals surface area contributed by atoms with E-state index in [0.29, 0.717) is 6.10 Å². The van der Waals surface area contributed by atoms with E-state index in [0.717, 1.165) is 44.5 Å². The number of nitrogens with zero attached hydrogens (tertiary/aromatic N) is 2. The zero-order valence-electron chi connectivity index (χ0n) is 13.2. The van der Waals surface area contributed by atoms with Crippen molar-refractivity contribution in [3.63, 3.8) is 0 Å². The largest absolute Gasteiger partial charge is 0.378 e. The second kappa shape index (κ2) is 8.50. The molecule has 1 aliphatic heterocycles. The Kier molecular flexibility index (Phi) is 6.64. The molecule has 20 heavy (non-hydrogen) atoms. The minimum Gasteiger partial charge on any atom is -0.378 e. The minimum absolute atomic E-state index is 0.539. The highest BCUT2D eigenvalue weighted by Crippen LogP contribution is 2.20. The molecule has 4 nitrogen and oxygen atoms in total. The molecule has 0 aromatic carbocycles. The number of likely N-dealkylation sites (tertiary alicyclic amines) is 1. The molecule has 2 rings (SSSR count). The van der Waals surface area contributed by atoms with E-state index in [-0.39, 0.29) is 0 Å². The number of aliphatic imine (C=N–C) groups is 1. The molecule has 4 heteroatoms. The van der Waals surface area contributed by atoms with Gasteiger partial charge in [0.2, 0.25) is 0 Å². The Morgan fingerprint density at radius 1 is 1.25 bits per heavy atom. The molecule has 1 aliphatic carbocycles. The van der Waals surface area contributed by atoms with E-state index in [1.165, 1.54) is 38.5 Å². The van der Waals surface area contributed by atoms with Crippen LogP contribution in [0.5, 0.6) is 0 Å². The SMILES string of the molecule is CN=C(NCCCOC1CCCC1)N1CCCC(C)C1. The second-order valence-electron chi connectivity index (χ2n) is 6.30. The molecule has 0 spiro atoms. The van der Waals surface area contributed by atoms with Crippen LogP contribution >= 0.6 is 0 Å². The van der Waals surface area contributed by atoms with Gasteiger partial charge >= 0.3 is 0 Å². The summed E-state index contributed by atoms with van der Waals surface area (Å²) in [6.07, 6.45) is 9.47. The van der Waals surface area contributed by atoms with Gasteiger partial charge in [0, 0.05) is 33.3 Å². The third-order valence-corrected chi connectivity index (χ3v) is 4.43. The molecule has 1 unspecified atom stereocenters. The molecule has 0 radical (unpaired) electrons. The maximum atomic E-state index is 5.89. The molecule has 0 amide bonds. The molecule has 2 aliphatic rings. The van der Waals surface area contributed by atoms with Gasteiger partial charge in [-0.15, -0.1) is 0 Å². The van der Waals surface area contributed by atoms with E-state index in [4.69, 9.17) is 4.74 Å². The van der Waals surface area contributed by atoms with E-state index < -0.39 is 0 Å². The summed E-state index contributed by atoms with van der Waals surface area (Å²) in [5.74, 6) is 1.85. The summed E-state index contributed by atoms with van der Waals surface area (Å²) >= 11 is 0. The molecule has 1 saturated heterocycles. The van der Waals surface area contributed by atoms with Crippen LogP contribution < -0.4 is 5.32 Å². The molecule has 0 aromatic heterocycles. The number of ether oxygens (including phenoxy) is 1. The summed E-state index contributed by atoms with van der Waals surface area (Å²) in [6, 6.07) is 0. The van der Waals surface area contributed by atoms with E-state index in [9.17, 15) is 0 Å². The Balaban J connectivity index is 1.58. The summed E-state index contributed by atoms with van der Waals surface area (Å²) in [7, 11) is 1.89. The minimum atomic E-state index is 0.539. The fraction of sp³-hybridized carbons (Fsp3) is 0.938. The summed E-state index contributed by atoms with van der Waals surface area (Å²) < 4.78 is 5.89. The lowest BCUT2D eigenvalue weighted by molar-refractivity contribution is 0.0573. The van der Waals surface area contributed by atoms with Gasteiger partial charge in [-0.05, 0) is 38.0 Å². The van der Waals surface area contributed by atoms with E-state index in [2.05, 4.69) is 22.1 Å². The van der Waals surface area contributed by atoms with Gasteiger partial charge in [0.1, 0.15) is 0 Å². The Labute approximate surface area is 124 Å². The standard InChI is InChI=1S/C16H31N3O/c1-14-7-5-11-19(13-14)16(17-2)18-10-6-12-20-15-8-3-4-9-15/h14-15H,3-13H2,1-2H3,(H,17,18). The average Bonchev–Trinajstić information content (AvgIpc) is 2.96. The second-order valence-corrected chi connectivity index (χ2v) is 6.30. The number of hydrogen-bond donors (Lipinski definition) is 1. The molecule has 2 fully saturated rings.